The Morgan fingerprint density at radius 2 is 1.96 bits per heavy atom. The Morgan fingerprint density at radius 1 is 1.16 bits per heavy atom. The normalized spacial score (nSPS) is 10.5. The van der Waals surface area contributed by atoms with Crippen LogP contribution in [-0.4, -0.2) is 33.5 Å². The van der Waals surface area contributed by atoms with Gasteiger partial charge in [0.2, 0.25) is 0 Å². The molecule has 0 aliphatic carbocycles. The third kappa shape index (κ3) is 4.20. The van der Waals surface area contributed by atoms with Crippen molar-refractivity contribution in [1.29, 1.82) is 0 Å². The molecule has 6 nitrogen and oxygen atoms in total. The van der Waals surface area contributed by atoms with E-state index in [0.717, 1.165) is 5.82 Å². The highest BCUT2D eigenvalue weighted by Gasteiger charge is 2.07. The summed E-state index contributed by atoms with van der Waals surface area (Å²) in [6, 6.07) is 10.1. The first-order chi connectivity index (χ1) is 12.1. The van der Waals surface area contributed by atoms with Crippen molar-refractivity contribution in [3.63, 3.8) is 0 Å². The number of aryl methyl sites for hydroxylation is 1. The number of nitrogens with zero attached hydrogens (tertiary/aromatic N) is 3. The summed E-state index contributed by atoms with van der Waals surface area (Å²) in [6.07, 6.45) is 5.27. The average Bonchev–Trinajstić information content (AvgIpc) is 3.16. The predicted molar refractivity (Wildman–Crippen MR) is 93.3 cm³/mol. The number of anilines is 1. The molecule has 0 aliphatic heterocycles. The zero-order chi connectivity index (χ0) is 17.6. The lowest BCUT2D eigenvalue weighted by Gasteiger charge is -2.09. The summed E-state index contributed by atoms with van der Waals surface area (Å²) in [5.74, 6) is 0.719. The second-order valence-electron chi connectivity index (χ2n) is 5.50. The first-order valence-corrected chi connectivity index (χ1v) is 7.87. The summed E-state index contributed by atoms with van der Waals surface area (Å²) in [4.78, 5) is 20.3. The van der Waals surface area contributed by atoms with E-state index in [9.17, 15) is 9.18 Å². The van der Waals surface area contributed by atoms with Crippen LogP contribution in [0.15, 0.2) is 55.1 Å². The lowest BCUT2D eigenvalue weighted by Crippen LogP contribution is -2.29. The standard InChI is InChI=1S/C18H18FN5O/c1-13-4-5-14(10-15(13)19)18(25)21-7-6-20-16-11-17(23-12-22-16)24-8-2-3-9-24/h2-5,8-12H,6-7H2,1H3,(H,21,25)(H,20,22,23). The van der Waals surface area contributed by atoms with Crippen LogP contribution >= 0.6 is 0 Å². The van der Waals surface area contributed by atoms with E-state index in [2.05, 4.69) is 20.6 Å². The molecule has 0 saturated heterocycles. The minimum atomic E-state index is -0.385. The molecule has 3 rings (SSSR count). The second kappa shape index (κ2) is 7.57. The number of amides is 1. The largest absolute Gasteiger partial charge is 0.368 e. The first kappa shape index (κ1) is 16.6. The Kier molecular flexibility index (Phi) is 5.03. The van der Waals surface area contributed by atoms with Gasteiger partial charge in [-0.3, -0.25) is 4.79 Å². The van der Waals surface area contributed by atoms with Gasteiger partial charge < -0.3 is 15.2 Å². The van der Waals surface area contributed by atoms with Crippen LogP contribution in [0.2, 0.25) is 0 Å². The van der Waals surface area contributed by atoms with Gasteiger partial charge in [0, 0.05) is 37.1 Å². The van der Waals surface area contributed by atoms with Crippen molar-refractivity contribution in [2.75, 3.05) is 18.4 Å². The Hall–Kier alpha value is -3.22. The Balaban J connectivity index is 1.51. The first-order valence-electron chi connectivity index (χ1n) is 7.87. The van der Waals surface area contributed by atoms with E-state index in [1.807, 2.05) is 35.2 Å². The third-order valence-electron chi connectivity index (χ3n) is 3.67. The van der Waals surface area contributed by atoms with Gasteiger partial charge in [-0.25, -0.2) is 14.4 Å². The number of rotatable bonds is 6. The summed E-state index contributed by atoms with van der Waals surface area (Å²) in [5.41, 5.74) is 0.820. The van der Waals surface area contributed by atoms with E-state index >= 15 is 0 Å². The summed E-state index contributed by atoms with van der Waals surface area (Å²) >= 11 is 0. The molecule has 2 heterocycles. The van der Waals surface area contributed by atoms with Gasteiger partial charge in [-0.1, -0.05) is 6.07 Å². The zero-order valence-corrected chi connectivity index (χ0v) is 13.7. The summed E-state index contributed by atoms with van der Waals surface area (Å²) < 4.78 is 15.4. The maximum Gasteiger partial charge on any atom is 0.251 e. The van der Waals surface area contributed by atoms with Crippen molar-refractivity contribution in [3.05, 3.63) is 72.1 Å². The predicted octanol–water partition coefficient (Wildman–Crippen LogP) is 2.56. The molecular formula is C18H18FN5O. The molecule has 25 heavy (non-hydrogen) atoms. The SMILES string of the molecule is Cc1ccc(C(=O)NCCNc2cc(-n3cccc3)ncn2)cc1F. The number of hydrogen-bond donors (Lipinski definition) is 2. The molecule has 7 heteroatoms. The molecule has 1 aromatic carbocycles. The molecule has 128 valence electrons. The fraction of sp³-hybridized carbons (Fsp3) is 0.167. The number of nitrogens with one attached hydrogen (secondary N) is 2. The van der Waals surface area contributed by atoms with Gasteiger partial charge in [0.15, 0.2) is 0 Å². The molecule has 2 N–H and O–H groups in total. The monoisotopic (exact) mass is 339 g/mol. The molecule has 3 aromatic rings. The van der Waals surface area contributed by atoms with Crippen LogP contribution in [0.3, 0.4) is 0 Å². The van der Waals surface area contributed by atoms with E-state index in [1.165, 1.54) is 12.4 Å². The fourth-order valence-electron chi connectivity index (χ4n) is 2.27. The lowest BCUT2D eigenvalue weighted by atomic mass is 10.1. The third-order valence-corrected chi connectivity index (χ3v) is 3.67. The topological polar surface area (TPSA) is 71.8 Å². The van der Waals surface area contributed by atoms with E-state index in [0.29, 0.717) is 30.0 Å². The highest BCUT2D eigenvalue weighted by molar-refractivity contribution is 5.94. The van der Waals surface area contributed by atoms with E-state index < -0.39 is 0 Å². The Bertz CT molecular complexity index is 864. The highest BCUT2D eigenvalue weighted by atomic mass is 19.1. The van der Waals surface area contributed by atoms with Crippen molar-refractivity contribution in [2.24, 2.45) is 0 Å². The van der Waals surface area contributed by atoms with Gasteiger partial charge in [-0.2, -0.15) is 0 Å². The van der Waals surface area contributed by atoms with E-state index in [-0.39, 0.29) is 11.7 Å². The van der Waals surface area contributed by atoms with Crippen molar-refractivity contribution < 1.29 is 9.18 Å². The lowest BCUT2D eigenvalue weighted by molar-refractivity contribution is 0.0954. The minimum Gasteiger partial charge on any atom is -0.368 e. The summed E-state index contributed by atoms with van der Waals surface area (Å²) in [6.45, 7) is 2.53. The van der Waals surface area contributed by atoms with Gasteiger partial charge in [-0.05, 0) is 36.8 Å². The molecule has 0 aliphatic rings. The van der Waals surface area contributed by atoms with Gasteiger partial charge in [0.1, 0.15) is 23.8 Å². The van der Waals surface area contributed by atoms with Gasteiger partial charge in [0.25, 0.3) is 5.91 Å². The molecular weight excluding hydrogens is 321 g/mol. The molecule has 0 radical (unpaired) electrons. The van der Waals surface area contributed by atoms with Crippen LogP contribution in [0.4, 0.5) is 10.2 Å². The zero-order valence-electron chi connectivity index (χ0n) is 13.7. The van der Waals surface area contributed by atoms with Crippen molar-refractivity contribution in [3.8, 4) is 5.82 Å². The average molecular weight is 339 g/mol. The second-order valence-corrected chi connectivity index (χ2v) is 5.50. The number of benzene rings is 1. The van der Waals surface area contributed by atoms with Crippen LogP contribution in [0.5, 0.6) is 0 Å². The number of aromatic nitrogens is 3. The fourth-order valence-corrected chi connectivity index (χ4v) is 2.27. The highest BCUT2D eigenvalue weighted by Crippen LogP contribution is 2.10. The number of carbonyl (C=O) groups excluding carboxylic acids is 1. The molecule has 0 bridgehead atoms. The van der Waals surface area contributed by atoms with Gasteiger partial charge in [-0.15, -0.1) is 0 Å². The van der Waals surface area contributed by atoms with Crippen LogP contribution in [0.1, 0.15) is 15.9 Å². The van der Waals surface area contributed by atoms with Crippen molar-refractivity contribution in [2.45, 2.75) is 6.92 Å². The Morgan fingerprint density at radius 3 is 2.72 bits per heavy atom. The number of halogens is 1. The molecule has 0 saturated carbocycles. The van der Waals surface area contributed by atoms with Gasteiger partial charge in [0.05, 0.1) is 0 Å². The van der Waals surface area contributed by atoms with Crippen LogP contribution in [0, 0.1) is 12.7 Å². The van der Waals surface area contributed by atoms with E-state index in [4.69, 9.17) is 0 Å². The van der Waals surface area contributed by atoms with Crippen LogP contribution in [-0.2, 0) is 0 Å². The number of hydrogen-bond acceptors (Lipinski definition) is 4. The Labute approximate surface area is 144 Å². The van der Waals surface area contributed by atoms with Crippen molar-refractivity contribution >= 4 is 11.7 Å². The van der Waals surface area contributed by atoms with Crippen LogP contribution in [0.25, 0.3) is 5.82 Å². The maximum absolute atomic E-state index is 13.5. The smallest absolute Gasteiger partial charge is 0.251 e. The minimum absolute atomic E-state index is 0.306. The quantitative estimate of drug-likeness (QED) is 0.677. The van der Waals surface area contributed by atoms with E-state index in [1.54, 1.807) is 19.1 Å². The summed E-state index contributed by atoms with van der Waals surface area (Å²) in [7, 11) is 0. The number of carbonyl (C=O) groups is 1. The molecule has 1 amide bonds. The molecule has 2 aromatic heterocycles. The molecule has 0 atom stereocenters. The molecule has 0 unspecified atom stereocenters. The van der Waals surface area contributed by atoms with Crippen LogP contribution < -0.4 is 10.6 Å². The van der Waals surface area contributed by atoms with Crippen molar-refractivity contribution in [1.82, 2.24) is 19.9 Å². The summed E-state index contributed by atoms with van der Waals surface area (Å²) in [5, 5.41) is 5.86. The maximum atomic E-state index is 13.5. The molecule has 0 spiro atoms. The molecule has 0 fully saturated rings. The van der Waals surface area contributed by atoms with Gasteiger partial charge >= 0.3 is 0 Å².